The van der Waals surface area contributed by atoms with Crippen LogP contribution in [0, 0.1) is 6.92 Å². The average Bonchev–Trinajstić information content (AvgIpc) is 2.87. The number of nitrogens with one attached hydrogen (secondary N) is 2. The molecule has 1 unspecified atom stereocenters. The summed E-state index contributed by atoms with van der Waals surface area (Å²) >= 11 is 0. The van der Waals surface area contributed by atoms with E-state index < -0.39 is 48.0 Å². The van der Waals surface area contributed by atoms with Crippen molar-refractivity contribution in [1.82, 2.24) is 10.2 Å². The predicted octanol–water partition coefficient (Wildman–Crippen LogP) is 3.48. The fraction of sp³-hybridized carbons (Fsp3) is 0.318. The van der Waals surface area contributed by atoms with E-state index in [0.29, 0.717) is 5.56 Å². The molecule has 0 bridgehead atoms. The molecular formula is C22H17F6N3O4. The number of anilines is 1. The van der Waals surface area contributed by atoms with Crippen LogP contribution < -0.4 is 10.6 Å². The highest BCUT2D eigenvalue weighted by molar-refractivity contribution is 6.11. The van der Waals surface area contributed by atoms with Gasteiger partial charge in [0.05, 0.1) is 16.8 Å². The van der Waals surface area contributed by atoms with E-state index in [2.05, 4.69) is 15.4 Å². The first kappa shape index (κ1) is 24.5. The van der Waals surface area contributed by atoms with Gasteiger partial charge in [-0.15, -0.1) is 0 Å². The van der Waals surface area contributed by atoms with Crippen molar-refractivity contribution in [2.24, 2.45) is 0 Å². The molecule has 0 spiro atoms. The van der Waals surface area contributed by atoms with E-state index >= 15 is 0 Å². The lowest BCUT2D eigenvalue weighted by molar-refractivity contribution is -0.210. The largest absolute Gasteiger partial charge is 0.490 e. The predicted molar refractivity (Wildman–Crippen MR) is 109 cm³/mol. The highest BCUT2D eigenvalue weighted by Gasteiger charge is 2.48. The number of halogens is 6. The summed E-state index contributed by atoms with van der Waals surface area (Å²) in [4.78, 5) is 38.4. The summed E-state index contributed by atoms with van der Waals surface area (Å²) < 4.78 is 82.2. The number of carbonyl (C=O) groups excluding carboxylic acids is 3. The molecule has 13 heteroatoms. The molecular weight excluding hydrogens is 484 g/mol. The van der Waals surface area contributed by atoms with Crippen LogP contribution >= 0.6 is 0 Å². The molecule has 186 valence electrons. The second-order valence-electron chi connectivity index (χ2n) is 8.06. The Labute approximate surface area is 194 Å². The standard InChI is InChI=1S/C22H17F6N3O4/c1-10-6-12(8-13(7-10)21(23,24)25)11-2-3-15-14(9-11)19(33)31-5-4-29-18(16(31)17(32)30-15)35-20(34)22(26,27)28/h2-3,6-9,16,18,29H,4-5H2,1H3,(H,30,32)/t16-,18?/m1/s1. The van der Waals surface area contributed by atoms with Crippen molar-refractivity contribution < 1.29 is 45.5 Å². The maximum atomic E-state index is 13.3. The zero-order chi connectivity index (χ0) is 25.7. The minimum atomic E-state index is -5.31. The summed E-state index contributed by atoms with van der Waals surface area (Å²) in [6.07, 6.45) is -11.7. The summed E-state index contributed by atoms with van der Waals surface area (Å²) in [6.45, 7) is 1.32. The van der Waals surface area contributed by atoms with Gasteiger partial charge in [-0.1, -0.05) is 12.1 Å². The zero-order valence-corrected chi connectivity index (χ0v) is 17.9. The van der Waals surface area contributed by atoms with Crippen LogP contribution in [0.15, 0.2) is 36.4 Å². The van der Waals surface area contributed by atoms with Crippen LogP contribution in [0.5, 0.6) is 0 Å². The number of piperazine rings is 1. The normalized spacial score (nSPS) is 20.5. The Morgan fingerprint density at radius 1 is 1.03 bits per heavy atom. The second-order valence-corrected chi connectivity index (χ2v) is 8.06. The number of hydrogen-bond donors (Lipinski definition) is 2. The molecule has 2 aromatic rings. The van der Waals surface area contributed by atoms with Crippen molar-refractivity contribution in [2.75, 3.05) is 18.4 Å². The molecule has 1 fully saturated rings. The fourth-order valence-electron chi connectivity index (χ4n) is 4.02. The minimum absolute atomic E-state index is 0.0164. The van der Waals surface area contributed by atoms with Crippen molar-refractivity contribution in [1.29, 1.82) is 0 Å². The molecule has 0 saturated carbocycles. The summed E-state index contributed by atoms with van der Waals surface area (Å²) in [5.41, 5.74) is -0.162. The Morgan fingerprint density at radius 2 is 1.74 bits per heavy atom. The number of nitrogens with zero attached hydrogens (tertiary/aromatic N) is 1. The molecule has 4 rings (SSSR count). The lowest BCUT2D eigenvalue weighted by Crippen LogP contribution is -2.64. The van der Waals surface area contributed by atoms with Crippen LogP contribution in [0.1, 0.15) is 21.5 Å². The molecule has 0 aliphatic carbocycles. The molecule has 2 aromatic carbocycles. The van der Waals surface area contributed by atoms with Gasteiger partial charge in [-0.2, -0.15) is 26.3 Å². The Kier molecular flexibility index (Phi) is 5.99. The van der Waals surface area contributed by atoms with Gasteiger partial charge < -0.3 is 15.0 Å². The number of aryl methyl sites for hydroxylation is 1. The summed E-state index contributed by atoms with van der Waals surface area (Å²) in [5, 5.41) is 4.91. The molecule has 2 heterocycles. The van der Waals surface area contributed by atoms with Crippen molar-refractivity contribution in [2.45, 2.75) is 31.5 Å². The number of amides is 2. The summed E-state index contributed by atoms with van der Waals surface area (Å²) in [5.74, 6) is -4.18. The van der Waals surface area contributed by atoms with Crippen LogP contribution in [0.2, 0.25) is 0 Å². The van der Waals surface area contributed by atoms with Crippen LogP contribution in [-0.4, -0.2) is 54.2 Å². The molecule has 2 N–H and O–H groups in total. The van der Waals surface area contributed by atoms with Gasteiger partial charge in [-0.05, 0) is 47.9 Å². The Hall–Kier alpha value is -3.61. The Bertz CT molecular complexity index is 1210. The first-order valence-corrected chi connectivity index (χ1v) is 10.2. The second kappa shape index (κ2) is 8.56. The lowest BCUT2D eigenvalue weighted by Gasteiger charge is -2.38. The number of fused-ring (bicyclic) bond motifs is 2. The molecule has 1 saturated heterocycles. The maximum Gasteiger partial charge on any atom is 0.490 e. The van der Waals surface area contributed by atoms with Crippen molar-refractivity contribution >= 4 is 23.5 Å². The van der Waals surface area contributed by atoms with Crippen molar-refractivity contribution in [3.8, 4) is 11.1 Å². The van der Waals surface area contributed by atoms with Crippen LogP contribution in [-0.2, 0) is 20.5 Å². The van der Waals surface area contributed by atoms with Gasteiger partial charge in [0, 0.05) is 13.1 Å². The van der Waals surface area contributed by atoms with Gasteiger partial charge in [0.15, 0.2) is 12.3 Å². The molecule has 7 nitrogen and oxygen atoms in total. The molecule has 0 aromatic heterocycles. The first-order chi connectivity index (χ1) is 16.3. The number of benzene rings is 2. The SMILES string of the molecule is Cc1cc(-c2ccc3c(c2)C(=O)N2CCNC(OC(=O)C(F)(F)F)[C@H]2C(=O)N3)cc(C(F)(F)F)c1. The highest BCUT2D eigenvalue weighted by Crippen LogP contribution is 2.35. The van der Waals surface area contributed by atoms with Gasteiger partial charge in [0.25, 0.3) is 11.8 Å². The molecule has 35 heavy (non-hydrogen) atoms. The van der Waals surface area contributed by atoms with Gasteiger partial charge in [0.2, 0.25) is 0 Å². The van der Waals surface area contributed by atoms with E-state index in [9.17, 15) is 40.7 Å². The number of carbonyl (C=O) groups is 3. The topological polar surface area (TPSA) is 87.7 Å². The smallest absolute Gasteiger partial charge is 0.437 e. The maximum absolute atomic E-state index is 13.3. The van der Waals surface area contributed by atoms with E-state index in [1.165, 1.54) is 31.2 Å². The lowest BCUT2D eigenvalue weighted by atomic mass is 9.97. The third-order valence-corrected chi connectivity index (χ3v) is 5.56. The highest BCUT2D eigenvalue weighted by atomic mass is 19.4. The average molecular weight is 501 g/mol. The quantitative estimate of drug-likeness (QED) is 0.486. The third kappa shape index (κ3) is 4.81. The summed E-state index contributed by atoms with van der Waals surface area (Å²) in [6, 6.07) is 5.82. The third-order valence-electron chi connectivity index (χ3n) is 5.56. The van der Waals surface area contributed by atoms with E-state index in [-0.39, 0.29) is 35.5 Å². The molecule has 2 aliphatic rings. The van der Waals surface area contributed by atoms with Crippen LogP contribution in [0.4, 0.5) is 32.0 Å². The number of rotatable bonds is 2. The number of esters is 1. The molecule has 0 radical (unpaired) electrons. The van der Waals surface area contributed by atoms with Crippen LogP contribution in [0.3, 0.4) is 0 Å². The van der Waals surface area contributed by atoms with Gasteiger partial charge in [0.1, 0.15) is 0 Å². The van der Waals surface area contributed by atoms with E-state index in [1.807, 2.05) is 0 Å². The monoisotopic (exact) mass is 501 g/mol. The number of ether oxygens (including phenoxy) is 1. The summed E-state index contributed by atoms with van der Waals surface area (Å²) in [7, 11) is 0. The van der Waals surface area contributed by atoms with Crippen LogP contribution in [0.25, 0.3) is 11.1 Å². The molecule has 2 atom stereocenters. The molecule has 2 aliphatic heterocycles. The van der Waals surface area contributed by atoms with E-state index in [0.717, 1.165) is 17.0 Å². The number of alkyl halides is 6. The van der Waals surface area contributed by atoms with Gasteiger partial charge in [-0.25, -0.2) is 4.79 Å². The van der Waals surface area contributed by atoms with E-state index in [4.69, 9.17) is 0 Å². The Balaban J connectivity index is 1.71. The number of hydrogen-bond acceptors (Lipinski definition) is 5. The Morgan fingerprint density at radius 3 is 2.40 bits per heavy atom. The van der Waals surface area contributed by atoms with Crippen molar-refractivity contribution in [3.05, 3.63) is 53.1 Å². The van der Waals surface area contributed by atoms with Gasteiger partial charge in [-0.3, -0.25) is 14.9 Å². The van der Waals surface area contributed by atoms with Crippen molar-refractivity contribution in [3.63, 3.8) is 0 Å². The minimum Gasteiger partial charge on any atom is -0.437 e. The first-order valence-electron chi connectivity index (χ1n) is 10.2. The fourth-order valence-corrected chi connectivity index (χ4v) is 4.02. The van der Waals surface area contributed by atoms with E-state index in [1.54, 1.807) is 0 Å². The zero-order valence-electron chi connectivity index (χ0n) is 17.9. The molecule has 2 amide bonds. The van der Waals surface area contributed by atoms with Gasteiger partial charge >= 0.3 is 18.3 Å².